The van der Waals surface area contributed by atoms with Crippen molar-refractivity contribution in [1.82, 2.24) is 15.1 Å². The van der Waals surface area contributed by atoms with Crippen LogP contribution in [-0.2, 0) is 20.7 Å². The molecule has 2 heterocycles. The first-order valence-electron chi connectivity index (χ1n) is 10.1. The van der Waals surface area contributed by atoms with Crippen molar-refractivity contribution < 1.29 is 28.4 Å². The first-order chi connectivity index (χ1) is 15.2. The van der Waals surface area contributed by atoms with Crippen LogP contribution in [0.15, 0.2) is 28.8 Å². The van der Waals surface area contributed by atoms with E-state index in [2.05, 4.69) is 15.1 Å². The summed E-state index contributed by atoms with van der Waals surface area (Å²) < 4.78 is 15.2. The quantitative estimate of drug-likeness (QED) is 0.417. The van der Waals surface area contributed by atoms with E-state index >= 15 is 0 Å². The highest BCUT2D eigenvalue weighted by Crippen LogP contribution is 2.21. The number of methoxy groups -OCH3 is 1. The average Bonchev–Trinajstić information content (AvgIpc) is 3.36. The molecule has 0 aliphatic heterocycles. The number of nitrogens with zero attached hydrogens (tertiary/aromatic N) is 2. The van der Waals surface area contributed by atoms with Gasteiger partial charge in [0.2, 0.25) is 17.5 Å². The second-order valence-electron chi connectivity index (χ2n) is 7.49. The number of aromatic nitrogens is 3. The van der Waals surface area contributed by atoms with Crippen molar-refractivity contribution in [1.29, 1.82) is 0 Å². The number of aryl methyl sites for hydroxylation is 3. The Morgan fingerprint density at radius 1 is 1.12 bits per heavy atom. The zero-order chi connectivity index (χ0) is 23.4. The maximum absolute atomic E-state index is 12.7. The minimum Gasteiger partial charge on any atom is -0.465 e. The number of aromatic amines is 1. The number of carbonyl (C=O) groups excluding carboxylic acids is 3. The van der Waals surface area contributed by atoms with Gasteiger partial charge in [-0.25, -0.2) is 4.79 Å². The molecule has 0 bridgehead atoms. The van der Waals surface area contributed by atoms with E-state index in [1.54, 1.807) is 13.8 Å². The molecule has 9 nitrogen and oxygen atoms in total. The number of Topliss-reactive ketones (excluding diaryl/α,β-unsaturated/α-hetero) is 1. The van der Waals surface area contributed by atoms with E-state index < -0.39 is 23.8 Å². The smallest absolute Gasteiger partial charge is 0.339 e. The summed E-state index contributed by atoms with van der Waals surface area (Å²) in [6, 6.07) is 7.67. The Hall–Kier alpha value is -3.75. The molecule has 1 N–H and O–H groups in total. The van der Waals surface area contributed by atoms with Crippen LogP contribution < -0.4 is 0 Å². The molecule has 0 aliphatic carbocycles. The van der Waals surface area contributed by atoms with E-state index in [9.17, 15) is 14.4 Å². The number of ether oxygens (including phenoxy) is 2. The lowest BCUT2D eigenvalue weighted by atomic mass is 10.1. The van der Waals surface area contributed by atoms with Crippen LogP contribution in [0.25, 0.3) is 11.4 Å². The lowest BCUT2D eigenvalue weighted by Gasteiger charge is -2.11. The molecule has 0 saturated heterocycles. The first kappa shape index (κ1) is 22.9. The maximum Gasteiger partial charge on any atom is 0.339 e. The van der Waals surface area contributed by atoms with E-state index in [0.717, 1.165) is 11.1 Å². The third-order valence-electron chi connectivity index (χ3n) is 5.07. The number of esters is 2. The molecule has 3 rings (SSSR count). The molecule has 0 saturated carbocycles. The molecule has 32 heavy (non-hydrogen) atoms. The molecule has 0 fully saturated rings. The van der Waals surface area contributed by atoms with Crippen LogP contribution in [-0.4, -0.2) is 46.1 Å². The lowest BCUT2D eigenvalue weighted by Crippen LogP contribution is -2.25. The van der Waals surface area contributed by atoms with Gasteiger partial charge in [-0.2, -0.15) is 4.98 Å². The molecule has 168 valence electrons. The SMILES string of the molecule is COC(=O)c1c(C)[nH]c(C(=O)C(C)OC(=O)CCc2nc(-c3ccc(C)cc3)no2)c1C. The third-order valence-corrected chi connectivity index (χ3v) is 5.07. The molecule has 0 aliphatic rings. The van der Waals surface area contributed by atoms with Crippen LogP contribution in [0.1, 0.15) is 56.9 Å². The van der Waals surface area contributed by atoms with Gasteiger partial charge in [0.15, 0.2) is 6.10 Å². The zero-order valence-electron chi connectivity index (χ0n) is 18.6. The summed E-state index contributed by atoms with van der Waals surface area (Å²) in [6.07, 6.45) is -0.870. The van der Waals surface area contributed by atoms with Gasteiger partial charge in [0.05, 0.1) is 24.8 Å². The van der Waals surface area contributed by atoms with Crippen LogP contribution in [0.4, 0.5) is 0 Å². The molecule has 9 heteroatoms. The van der Waals surface area contributed by atoms with Crippen LogP contribution >= 0.6 is 0 Å². The van der Waals surface area contributed by atoms with Gasteiger partial charge in [0, 0.05) is 17.7 Å². The third kappa shape index (κ3) is 4.93. The predicted molar refractivity (Wildman–Crippen MR) is 114 cm³/mol. The number of hydrogen-bond donors (Lipinski definition) is 1. The summed E-state index contributed by atoms with van der Waals surface area (Å²) >= 11 is 0. The molecule has 1 unspecified atom stereocenters. The Balaban J connectivity index is 1.58. The second-order valence-corrected chi connectivity index (χ2v) is 7.49. The van der Waals surface area contributed by atoms with Gasteiger partial charge in [-0.1, -0.05) is 35.0 Å². The molecular weight excluding hydrogens is 414 g/mol. The fraction of sp³-hybridized carbons (Fsp3) is 0.348. The lowest BCUT2D eigenvalue weighted by molar-refractivity contribution is -0.146. The summed E-state index contributed by atoms with van der Waals surface area (Å²) in [7, 11) is 1.27. The highest BCUT2D eigenvalue weighted by Gasteiger charge is 2.27. The van der Waals surface area contributed by atoms with Gasteiger partial charge in [-0.3, -0.25) is 9.59 Å². The second kappa shape index (κ2) is 9.59. The number of ketones is 1. The number of benzene rings is 1. The Kier molecular flexibility index (Phi) is 6.87. The van der Waals surface area contributed by atoms with Crippen molar-refractivity contribution in [2.75, 3.05) is 7.11 Å². The van der Waals surface area contributed by atoms with Crippen molar-refractivity contribution in [2.24, 2.45) is 0 Å². The first-order valence-corrected chi connectivity index (χ1v) is 10.1. The fourth-order valence-corrected chi connectivity index (χ4v) is 3.30. The van der Waals surface area contributed by atoms with Gasteiger partial charge < -0.3 is 19.0 Å². The summed E-state index contributed by atoms with van der Waals surface area (Å²) in [5.74, 6) is -0.806. The van der Waals surface area contributed by atoms with Crippen molar-refractivity contribution >= 4 is 17.7 Å². The number of H-pyrrole nitrogens is 1. The standard InChI is InChI=1S/C23H25N3O6/c1-12-6-8-16(9-7-12)22-25-17(32-26-22)10-11-18(27)31-15(4)21(28)20-13(2)19(14(3)24-20)23(29)30-5/h6-9,15,24H,10-11H2,1-5H3. The van der Waals surface area contributed by atoms with E-state index in [1.807, 2.05) is 31.2 Å². The normalized spacial score (nSPS) is 11.8. The Morgan fingerprint density at radius 2 is 1.81 bits per heavy atom. The number of rotatable bonds is 8. The van der Waals surface area contributed by atoms with Gasteiger partial charge in [-0.15, -0.1) is 0 Å². The minimum absolute atomic E-state index is 0.0245. The Labute approximate surface area is 185 Å². The topological polar surface area (TPSA) is 124 Å². The van der Waals surface area contributed by atoms with E-state index in [0.29, 0.717) is 28.5 Å². The Morgan fingerprint density at radius 3 is 2.47 bits per heavy atom. The van der Waals surface area contributed by atoms with Crippen molar-refractivity contribution in [2.45, 2.75) is 46.6 Å². The van der Waals surface area contributed by atoms with Crippen molar-refractivity contribution in [3.63, 3.8) is 0 Å². The van der Waals surface area contributed by atoms with Crippen LogP contribution in [0.5, 0.6) is 0 Å². The fourth-order valence-electron chi connectivity index (χ4n) is 3.30. The van der Waals surface area contributed by atoms with Crippen molar-refractivity contribution in [3.8, 4) is 11.4 Å². The van der Waals surface area contributed by atoms with Crippen LogP contribution in [0.3, 0.4) is 0 Å². The number of carbonyl (C=O) groups is 3. The Bertz CT molecular complexity index is 1140. The van der Waals surface area contributed by atoms with E-state index in [4.69, 9.17) is 14.0 Å². The van der Waals surface area contributed by atoms with Gasteiger partial charge in [0.1, 0.15) is 0 Å². The monoisotopic (exact) mass is 439 g/mol. The number of hydrogen-bond acceptors (Lipinski definition) is 8. The molecule has 2 aromatic heterocycles. The molecule has 3 aromatic rings. The molecule has 0 amide bonds. The van der Waals surface area contributed by atoms with Gasteiger partial charge in [0.25, 0.3) is 0 Å². The minimum atomic E-state index is -1.03. The molecule has 1 aromatic carbocycles. The number of nitrogens with one attached hydrogen (secondary N) is 1. The zero-order valence-corrected chi connectivity index (χ0v) is 18.6. The largest absolute Gasteiger partial charge is 0.465 e. The highest BCUT2D eigenvalue weighted by molar-refractivity contribution is 6.03. The molecule has 1 atom stereocenters. The van der Waals surface area contributed by atoms with E-state index in [-0.39, 0.29) is 18.5 Å². The van der Waals surface area contributed by atoms with Crippen LogP contribution in [0, 0.1) is 20.8 Å². The average molecular weight is 439 g/mol. The predicted octanol–water partition coefficient (Wildman–Crippen LogP) is 3.52. The molecular formula is C23H25N3O6. The van der Waals surface area contributed by atoms with E-state index in [1.165, 1.54) is 14.0 Å². The highest BCUT2D eigenvalue weighted by atomic mass is 16.5. The van der Waals surface area contributed by atoms with Gasteiger partial charge >= 0.3 is 11.9 Å². The van der Waals surface area contributed by atoms with Crippen LogP contribution in [0.2, 0.25) is 0 Å². The van der Waals surface area contributed by atoms with Gasteiger partial charge in [-0.05, 0) is 33.3 Å². The molecule has 0 spiro atoms. The summed E-state index contributed by atoms with van der Waals surface area (Å²) in [6.45, 7) is 6.77. The summed E-state index contributed by atoms with van der Waals surface area (Å²) in [4.78, 5) is 44.1. The van der Waals surface area contributed by atoms with Crippen molar-refractivity contribution in [3.05, 3.63) is 58.2 Å². The maximum atomic E-state index is 12.7. The molecule has 0 radical (unpaired) electrons. The summed E-state index contributed by atoms with van der Waals surface area (Å²) in [5.41, 5.74) is 3.41. The summed E-state index contributed by atoms with van der Waals surface area (Å²) in [5, 5.41) is 3.93.